The summed E-state index contributed by atoms with van der Waals surface area (Å²) in [5.74, 6) is 0.508. The van der Waals surface area contributed by atoms with Crippen LogP contribution in [0.15, 0.2) is 10.6 Å². The lowest BCUT2D eigenvalue weighted by molar-refractivity contribution is 0.134. The molecule has 0 heterocycles. The maximum atomic E-state index is 9.04. The van der Waals surface area contributed by atoms with Crippen molar-refractivity contribution >= 4 is 23.2 Å². The molecular formula is C11H19Cl2NO. The molecule has 0 bridgehead atoms. The van der Waals surface area contributed by atoms with E-state index in [1.54, 1.807) is 0 Å². The Morgan fingerprint density at radius 2 is 2.00 bits per heavy atom. The lowest BCUT2D eigenvalue weighted by atomic mass is 9.86. The maximum Gasteiger partial charge on any atom is 0.0459 e. The van der Waals surface area contributed by atoms with Gasteiger partial charge in [0.15, 0.2) is 0 Å². The van der Waals surface area contributed by atoms with Gasteiger partial charge in [-0.25, -0.2) is 0 Å². The molecule has 15 heavy (non-hydrogen) atoms. The highest BCUT2D eigenvalue weighted by Crippen LogP contribution is 2.27. The Hall–Kier alpha value is 0.240. The Morgan fingerprint density at radius 3 is 2.47 bits per heavy atom. The normalized spacial score (nSPS) is 28.5. The van der Waals surface area contributed by atoms with Crippen molar-refractivity contribution in [2.75, 3.05) is 20.2 Å². The largest absolute Gasteiger partial charge is 0.396 e. The molecule has 0 aromatic heterocycles. The molecule has 1 aliphatic carbocycles. The zero-order valence-corrected chi connectivity index (χ0v) is 10.6. The van der Waals surface area contributed by atoms with Gasteiger partial charge in [0.1, 0.15) is 0 Å². The van der Waals surface area contributed by atoms with Gasteiger partial charge in [-0.3, -0.25) is 4.90 Å². The number of halogens is 2. The number of aliphatic hydroxyl groups excluding tert-OH is 1. The van der Waals surface area contributed by atoms with Crippen molar-refractivity contribution in [1.82, 2.24) is 4.90 Å². The Bertz CT molecular complexity index is 213. The van der Waals surface area contributed by atoms with E-state index in [4.69, 9.17) is 28.3 Å². The van der Waals surface area contributed by atoms with Crippen LogP contribution in [0.5, 0.6) is 0 Å². The van der Waals surface area contributed by atoms with Crippen LogP contribution in [0.3, 0.4) is 0 Å². The highest BCUT2D eigenvalue weighted by atomic mass is 35.5. The standard InChI is InChI=1S/C11H19Cl2NO/c1-14(7-10(13)6-12)11-4-2-9(8-15)3-5-11/h6,9,11,15H,2-5,7-8H2,1H3. The predicted octanol–water partition coefficient (Wildman–Crippen LogP) is 2.79. The Kier molecular flexibility index (Phi) is 5.98. The summed E-state index contributed by atoms with van der Waals surface area (Å²) in [6.07, 6.45) is 4.53. The van der Waals surface area contributed by atoms with E-state index in [9.17, 15) is 0 Å². The number of likely N-dealkylation sites (N-methyl/N-ethyl adjacent to an activating group) is 1. The fourth-order valence-electron chi connectivity index (χ4n) is 2.17. The molecule has 0 unspecified atom stereocenters. The van der Waals surface area contributed by atoms with E-state index < -0.39 is 0 Å². The van der Waals surface area contributed by atoms with E-state index >= 15 is 0 Å². The molecule has 1 fully saturated rings. The second-order valence-electron chi connectivity index (χ2n) is 4.33. The first-order valence-electron chi connectivity index (χ1n) is 5.43. The van der Waals surface area contributed by atoms with Crippen LogP contribution in [0, 0.1) is 5.92 Å². The molecule has 4 heteroatoms. The SMILES string of the molecule is CN(CC(Cl)=CCl)C1CCC(CO)CC1. The second kappa shape index (κ2) is 6.74. The van der Waals surface area contributed by atoms with E-state index in [0.29, 0.717) is 23.6 Å². The number of hydrogen-bond donors (Lipinski definition) is 1. The van der Waals surface area contributed by atoms with E-state index in [2.05, 4.69) is 11.9 Å². The lowest BCUT2D eigenvalue weighted by Gasteiger charge is -2.33. The minimum Gasteiger partial charge on any atom is -0.396 e. The number of nitrogens with zero attached hydrogens (tertiary/aromatic N) is 1. The van der Waals surface area contributed by atoms with Crippen LogP contribution < -0.4 is 0 Å². The summed E-state index contributed by atoms with van der Waals surface area (Å²) in [6.45, 7) is 1.05. The Morgan fingerprint density at radius 1 is 1.40 bits per heavy atom. The molecule has 0 aromatic rings. The van der Waals surface area contributed by atoms with Gasteiger partial charge in [0.05, 0.1) is 0 Å². The van der Waals surface area contributed by atoms with E-state index in [0.717, 1.165) is 32.2 Å². The highest BCUT2D eigenvalue weighted by molar-refractivity contribution is 6.36. The zero-order chi connectivity index (χ0) is 11.3. The average Bonchev–Trinajstić information content (AvgIpc) is 2.29. The molecule has 0 saturated heterocycles. The van der Waals surface area contributed by atoms with E-state index in [1.165, 1.54) is 5.54 Å². The number of aliphatic hydroxyl groups is 1. The van der Waals surface area contributed by atoms with E-state index in [-0.39, 0.29) is 0 Å². The predicted molar refractivity (Wildman–Crippen MR) is 65.3 cm³/mol. The van der Waals surface area contributed by atoms with E-state index in [1.807, 2.05) is 0 Å². The van der Waals surface area contributed by atoms with Gasteiger partial charge in [0.2, 0.25) is 0 Å². The van der Waals surface area contributed by atoms with Gasteiger partial charge >= 0.3 is 0 Å². The van der Waals surface area contributed by atoms with Crippen molar-refractivity contribution in [2.24, 2.45) is 5.92 Å². The molecule has 1 aliphatic rings. The first-order valence-corrected chi connectivity index (χ1v) is 6.24. The number of hydrogen-bond acceptors (Lipinski definition) is 2. The Balaban J connectivity index is 2.33. The van der Waals surface area contributed by atoms with Crippen LogP contribution >= 0.6 is 23.2 Å². The third-order valence-corrected chi connectivity index (χ3v) is 3.82. The summed E-state index contributed by atoms with van der Waals surface area (Å²) in [5.41, 5.74) is 1.43. The molecule has 1 N–H and O–H groups in total. The summed E-state index contributed by atoms with van der Waals surface area (Å²) >= 11 is 11.4. The quantitative estimate of drug-likeness (QED) is 0.831. The monoisotopic (exact) mass is 251 g/mol. The molecule has 0 radical (unpaired) electrons. The van der Waals surface area contributed by atoms with Crippen LogP contribution in [0.1, 0.15) is 25.7 Å². The number of rotatable bonds is 4. The third-order valence-electron chi connectivity index (χ3n) is 3.22. The van der Waals surface area contributed by atoms with Crippen LogP contribution in [-0.2, 0) is 0 Å². The van der Waals surface area contributed by atoms with Gasteiger partial charge in [-0.1, -0.05) is 23.2 Å². The summed E-state index contributed by atoms with van der Waals surface area (Å²) in [4.78, 5) is 2.24. The summed E-state index contributed by atoms with van der Waals surface area (Å²) in [7, 11) is 2.08. The molecule has 0 spiro atoms. The molecule has 0 aliphatic heterocycles. The van der Waals surface area contributed by atoms with Gasteiger partial charge in [0.25, 0.3) is 0 Å². The molecule has 0 amide bonds. The lowest BCUT2D eigenvalue weighted by Crippen LogP contribution is -2.36. The minimum atomic E-state index is 0.332. The topological polar surface area (TPSA) is 23.5 Å². The first kappa shape index (κ1) is 13.3. The maximum absolute atomic E-state index is 9.04. The molecule has 0 aromatic carbocycles. The van der Waals surface area contributed by atoms with Gasteiger partial charge in [-0.2, -0.15) is 0 Å². The molecule has 2 nitrogen and oxygen atoms in total. The van der Waals surface area contributed by atoms with Gasteiger partial charge < -0.3 is 5.11 Å². The van der Waals surface area contributed by atoms with Crippen LogP contribution in [-0.4, -0.2) is 36.2 Å². The van der Waals surface area contributed by atoms with Crippen molar-refractivity contribution in [1.29, 1.82) is 0 Å². The van der Waals surface area contributed by atoms with Crippen LogP contribution in [0.4, 0.5) is 0 Å². The fourth-order valence-corrected chi connectivity index (χ4v) is 2.43. The van der Waals surface area contributed by atoms with Crippen molar-refractivity contribution < 1.29 is 5.11 Å². The minimum absolute atomic E-state index is 0.332. The molecule has 88 valence electrons. The van der Waals surface area contributed by atoms with Gasteiger partial charge in [-0.05, 0) is 38.6 Å². The van der Waals surface area contributed by atoms with Gasteiger partial charge in [-0.15, -0.1) is 0 Å². The Labute approximate surface area is 102 Å². The molecule has 0 atom stereocenters. The van der Waals surface area contributed by atoms with Crippen LogP contribution in [0.25, 0.3) is 0 Å². The molecule has 1 saturated carbocycles. The fraction of sp³-hybridized carbons (Fsp3) is 0.818. The molecular weight excluding hydrogens is 233 g/mol. The van der Waals surface area contributed by atoms with Crippen LogP contribution in [0.2, 0.25) is 0 Å². The van der Waals surface area contributed by atoms with Crippen molar-refractivity contribution in [3.8, 4) is 0 Å². The smallest absolute Gasteiger partial charge is 0.0459 e. The zero-order valence-electron chi connectivity index (χ0n) is 9.13. The van der Waals surface area contributed by atoms with Crippen molar-refractivity contribution in [3.63, 3.8) is 0 Å². The highest BCUT2D eigenvalue weighted by Gasteiger charge is 2.23. The first-order chi connectivity index (χ1) is 7.17. The average molecular weight is 252 g/mol. The van der Waals surface area contributed by atoms with Gasteiger partial charge in [0, 0.05) is 29.8 Å². The molecule has 1 rings (SSSR count). The summed E-state index contributed by atoms with van der Waals surface area (Å²) in [5, 5.41) is 9.72. The second-order valence-corrected chi connectivity index (χ2v) is 5.03. The summed E-state index contributed by atoms with van der Waals surface area (Å²) in [6, 6.07) is 0.582. The van der Waals surface area contributed by atoms with Crippen molar-refractivity contribution in [2.45, 2.75) is 31.7 Å². The third kappa shape index (κ3) is 4.31. The summed E-state index contributed by atoms with van der Waals surface area (Å²) < 4.78 is 0. The van der Waals surface area contributed by atoms with Crippen molar-refractivity contribution in [3.05, 3.63) is 10.6 Å².